The highest BCUT2D eigenvalue weighted by atomic mass is 35.5. The lowest BCUT2D eigenvalue weighted by Gasteiger charge is -2.09. The van der Waals surface area contributed by atoms with E-state index in [2.05, 4.69) is 15.8 Å². The Morgan fingerprint density at radius 3 is 2.89 bits per heavy atom. The van der Waals surface area contributed by atoms with E-state index in [1.54, 1.807) is 7.11 Å². The zero-order valence-corrected chi connectivity index (χ0v) is 12.4. The molecule has 0 N–H and O–H groups in total. The Morgan fingerprint density at radius 1 is 1.50 bits per heavy atom. The lowest BCUT2D eigenvalue weighted by atomic mass is 10.3. The maximum absolute atomic E-state index is 6.21. The van der Waals surface area contributed by atoms with Crippen LogP contribution >= 0.6 is 23.4 Å². The maximum atomic E-state index is 6.21. The van der Waals surface area contributed by atoms with Gasteiger partial charge in [0.15, 0.2) is 0 Å². The quantitative estimate of drug-likeness (QED) is 0.783. The summed E-state index contributed by atoms with van der Waals surface area (Å²) in [4.78, 5) is 4.61. The Morgan fingerprint density at radius 2 is 2.28 bits per heavy atom. The van der Waals surface area contributed by atoms with Crippen molar-refractivity contribution >= 4 is 34.4 Å². The summed E-state index contributed by atoms with van der Waals surface area (Å²) < 4.78 is 7.46. The Kier molecular flexibility index (Phi) is 4.40. The van der Waals surface area contributed by atoms with Crippen LogP contribution in [0.15, 0.2) is 18.2 Å². The van der Waals surface area contributed by atoms with Gasteiger partial charge in [-0.1, -0.05) is 0 Å². The Balaban J connectivity index is 2.54. The van der Waals surface area contributed by atoms with Gasteiger partial charge in [-0.3, -0.25) is 0 Å². The van der Waals surface area contributed by atoms with Crippen LogP contribution < -0.4 is 4.74 Å². The number of rotatable bonds is 5. The summed E-state index contributed by atoms with van der Waals surface area (Å²) in [6.07, 6.45) is 2.10. The number of nitrogens with zero attached hydrogens (tertiary/aromatic N) is 2. The highest BCUT2D eigenvalue weighted by molar-refractivity contribution is 7.98. The lowest BCUT2D eigenvalue weighted by molar-refractivity contribution is 0.415. The predicted molar refractivity (Wildman–Crippen MR) is 78.9 cm³/mol. The van der Waals surface area contributed by atoms with Crippen molar-refractivity contribution in [2.75, 3.05) is 19.1 Å². The first-order chi connectivity index (χ1) is 8.67. The summed E-state index contributed by atoms with van der Waals surface area (Å²) in [6, 6.07) is 5.93. The van der Waals surface area contributed by atoms with Crippen LogP contribution in [0.2, 0.25) is 0 Å². The molecule has 1 heterocycles. The van der Waals surface area contributed by atoms with E-state index >= 15 is 0 Å². The third-order valence-corrected chi connectivity index (χ3v) is 3.65. The number of halogens is 1. The van der Waals surface area contributed by atoms with Gasteiger partial charge in [0.25, 0.3) is 0 Å². The molecule has 0 saturated heterocycles. The molecule has 2 rings (SSSR count). The normalized spacial score (nSPS) is 12.9. The van der Waals surface area contributed by atoms with Gasteiger partial charge in [0.2, 0.25) is 0 Å². The molecule has 0 spiro atoms. The standard InChI is InChI=1S/C13H17ClN2OS/c1-9(14)13-15-11-5-4-10(17-2)8-12(11)16(13)6-7-18-3/h4-5,8-9H,6-7H2,1-3H3. The average molecular weight is 285 g/mol. The van der Waals surface area contributed by atoms with Crippen molar-refractivity contribution in [3.63, 3.8) is 0 Å². The number of imidazole rings is 1. The third kappa shape index (κ3) is 2.59. The van der Waals surface area contributed by atoms with Gasteiger partial charge in [0.1, 0.15) is 11.6 Å². The Hall–Kier alpha value is -0.870. The fraction of sp³-hybridized carbons (Fsp3) is 0.462. The molecule has 0 bridgehead atoms. The molecule has 0 aliphatic carbocycles. The second-order valence-electron chi connectivity index (χ2n) is 4.09. The maximum Gasteiger partial charge on any atom is 0.127 e. The monoisotopic (exact) mass is 284 g/mol. The van der Waals surface area contributed by atoms with E-state index in [0.717, 1.165) is 34.9 Å². The summed E-state index contributed by atoms with van der Waals surface area (Å²) in [6.45, 7) is 2.87. The van der Waals surface area contributed by atoms with E-state index in [0.29, 0.717) is 0 Å². The summed E-state index contributed by atoms with van der Waals surface area (Å²) >= 11 is 8.03. The molecular formula is C13H17ClN2OS. The average Bonchev–Trinajstić information content (AvgIpc) is 2.74. The van der Waals surface area contributed by atoms with Crippen LogP contribution in [0.1, 0.15) is 18.1 Å². The number of methoxy groups -OCH3 is 1. The number of aryl methyl sites for hydroxylation is 1. The molecule has 1 unspecified atom stereocenters. The number of hydrogen-bond donors (Lipinski definition) is 0. The molecule has 0 saturated carbocycles. The molecule has 1 aromatic carbocycles. The van der Waals surface area contributed by atoms with Crippen molar-refractivity contribution in [3.05, 3.63) is 24.0 Å². The molecule has 1 atom stereocenters. The Labute approximate surface area is 116 Å². The van der Waals surface area contributed by atoms with E-state index in [1.165, 1.54) is 0 Å². The molecule has 3 nitrogen and oxygen atoms in total. The van der Waals surface area contributed by atoms with E-state index in [9.17, 15) is 0 Å². The molecule has 0 aliphatic rings. The highest BCUT2D eigenvalue weighted by Gasteiger charge is 2.15. The molecule has 0 amide bonds. The van der Waals surface area contributed by atoms with E-state index in [4.69, 9.17) is 16.3 Å². The molecule has 0 radical (unpaired) electrons. The molecule has 0 fully saturated rings. The first kappa shape index (κ1) is 13.6. The van der Waals surface area contributed by atoms with Crippen molar-refractivity contribution in [1.29, 1.82) is 0 Å². The fourth-order valence-electron chi connectivity index (χ4n) is 1.97. The number of fused-ring (bicyclic) bond motifs is 1. The minimum absolute atomic E-state index is 0.0924. The van der Waals surface area contributed by atoms with Gasteiger partial charge in [0, 0.05) is 18.4 Å². The smallest absolute Gasteiger partial charge is 0.127 e. The number of aromatic nitrogens is 2. The molecule has 2 aromatic rings. The van der Waals surface area contributed by atoms with Crippen LogP contribution in [0.5, 0.6) is 5.75 Å². The number of thioether (sulfide) groups is 1. The van der Waals surface area contributed by atoms with Crippen molar-refractivity contribution in [2.45, 2.75) is 18.8 Å². The van der Waals surface area contributed by atoms with Crippen LogP contribution in [0, 0.1) is 0 Å². The molecule has 1 aromatic heterocycles. The van der Waals surface area contributed by atoms with Gasteiger partial charge in [-0.2, -0.15) is 11.8 Å². The highest BCUT2D eigenvalue weighted by Crippen LogP contribution is 2.27. The van der Waals surface area contributed by atoms with Crippen molar-refractivity contribution in [3.8, 4) is 5.75 Å². The largest absolute Gasteiger partial charge is 0.497 e. The van der Waals surface area contributed by atoms with E-state index in [1.807, 2.05) is 36.9 Å². The summed E-state index contributed by atoms with van der Waals surface area (Å²) in [5.74, 6) is 2.81. The first-order valence-corrected chi connectivity index (χ1v) is 7.67. The Bertz CT molecular complexity index is 539. The van der Waals surface area contributed by atoms with Crippen LogP contribution in [0.4, 0.5) is 0 Å². The first-order valence-electron chi connectivity index (χ1n) is 5.84. The predicted octanol–water partition coefficient (Wildman–Crippen LogP) is 3.71. The van der Waals surface area contributed by atoms with Crippen molar-refractivity contribution in [1.82, 2.24) is 9.55 Å². The SMILES string of the molecule is COc1ccc2nc(C(C)Cl)n(CCSC)c2c1. The van der Waals surface area contributed by atoms with E-state index < -0.39 is 0 Å². The molecule has 5 heteroatoms. The molecule has 0 aliphatic heterocycles. The van der Waals surface area contributed by atoms with Crippen molar-refractivity contribution in [2.24, 2.45) is 0 Å². The summed E-state index contributed by atoms with van der Waals surface area (Å²) in [5, 5.41) is -0.0924. The summed E-state index contributed by atoms with van der Waals surface area (Å²) in [7, 11) is 1.68. The van der Waals surface area contributed by atoms with Crippen LogP contribution in [0.3, 0.4) is 0 Å². The number of hydrogen-bond acceptors (Lipinski definition) is 3. The fourth-order valence-corrected chi connectivity index (χ4v) is 2.50. The number of benzene rings is 1. The minimum Gasteiger partial charge on any atom is -0.497 e. The van der Waals surface area contributed by atoms with Gasteiger partial charge < -0.3 is 9.30 Å². The topological polar surface area (TPSA) is 27.1 Å². The van der Waals surface area contributed by atoms with Gasteiger partial charge >= 0.3 is 0 Å². The lowest BCUT2D eigenvalue weighted by Crippen LogP contribution is -2.06. The van der Waals surface area contributed by atoms with E-state index in [-0.39, 0.29) is 5.38 Å². The van der Waals surface area contributed by atoms with Crippen LogP contribution in [-0.2, 0) is 6.54 Å². The molecule has 18 heavy (non-hydrogen) atoms. The van der Waals surface area contributed by atoms with Crippen molar-refractivity contribution < 1.29 is 4.74 Å². The van der Waals surface area contributed by atoms with Gasteiger partial charge in [0.05, 0.1) is 23.5 Å². The second kappa shape index (κ2) is 5.85. The number of alkyl halides is 1. The summed E-state index contributed by atoms with van der Waals surface area (Å²) in [5.41, 5.74) is 2.06. The second-order valence-corrected chi connectivity index (χ2v) is 5.73. The zero-order chi connectivity index (χ0) is 13.1. The molecular weight excluding hydrogens is 268 g/mol. The van der Waals surface area contributed by atoms with Gasteiger partial charge in [-0.25, -0.2) is 4.98 Å². The van der Waals surface area contributed by atoms with Crippen LogP contribution in [0.25, 0.3) is 11.0 Å². The number of ether oxygens (including phenoxy) is 1. The minimum atomic E-state index is -0.0924. The van der Waals surface area contributed by atoms with Gasteiger partial charge in [-0.05, 0) is 25.3 Å². The van der Waals surface area contributed by atoms with Gasteiger partial charge in [-0.15, -0.1) is 11.6 Å². The molecule has 98 valence electrons. The van der Waals surface area contributed by atoms with Crippen LogP contribution in [-0.4, -0.2) is 28.7 Å². The zero-order valence-electron chi connectivity index (χ0n) is 10.8. The third-order valence-electron chi connectivity index (χ3n) is 2.86.